The fraction of sp³-hybridized carbons (Fsp3) is 0.357. The van der Waals surface area contributed by atoms with E-state index in [0.717, 1.165) is 16.3 Å². The number of halogens is 1. The number of alkyl halides is 1. The molecule has 0 saturated heterocycles. The molecule has 2 aromatic rings. The van der Waals surface area contributed by atoms with Crippen molar-refractivity contribution < 1.29 is 9.47 Å². The minimum absolute atomic E-state index is 0.0345. The third-order valence-electron chi connectivity index (χ3n) is 2.70. The Hall–Kier alpha value is -1.32. The van der Waals surface area contributed by atoms with Crippen LogP contribution in [0.3, 0.4) is 0 Å². The predicted octanol–water partition coefficient (Wildman–Crippen LogP) is 3.39. The molecule has 0 N–H and O–H groups in total. The van der Waals surface area contributed by atoms with Crippen LogP contribution in [-0.2, 0) is 10.6 Å². The number of ether oxygens (including phenoxy) is 2. The van der Waals surface area contributed by atoms with Gasteiger partial charge in [-0.05, 0) is 23.9 Å². The number of pyridine rings is 1. The number of nitrogens with zero attached hydrogens (tertiary/aromatic N) is 1. The Bertz CT molecular complexity index is 530. The lowest BCUT2D eigenvalue weighted by molar-refractivity contribution is 0.0901. The first-order chi connectivity index (χ1) is 8.76. The molecule has 0 aliphatic rings. The van der Waals surface area contributed by atoms with Crippen molar-refractivity contribution in [2.24, 2.45) is 0 Å². The van der Waals surface area contributed by atoms with Crippen molar-refractivity contribution in [3.05, 3.63) is 36.0 Å². The van der Waals surface area contributed by atoms with E-state index >= 15 is 0 Å². The Morgan fingerprint density at radius 3 is 2.67 bits per heavy atom. The van der Waals surface area contributed by atoms with Crippen molar-refractivity contribution in [1.29, 1.82) is 0 Å². The van der Waals surface area contributed by atoms with Crippen molar-refractivity contribution in [2.75, 3.05) is 13.7 Å². The number of methoxy groups -OCH3 is 1. The highest BCUT2D eigenvalue weighted by molar-refractivity contribution is 6.18. The van der Waals surface area contributed by atoms with Crippen molar-refractivity contribution in [2.45, 2.75) is 18.9 Å². The molecule has 0 radical (unpaired) electrons. The van der Waals surface area contributed by atoms with Gasteiger partial charge in [0.2, 0.25) is 5.88 Å². The van der Waals surface area contributed by atoms with Gasteiger partial charge < -0.3 is 9.47 Å². The van der Waals surface area contributed by atoms with Gasteiger partial charge in [0, 0.05) is 24.6 Å². The van der Waals surface area contributed by atoms with E-state index < -0.39 is 0 Å². The maximum atomic E-state index is 5.91. The summed E-state index contributed by atoms with van der Waals surface area (Å²) in [6.45, 7) is 2.49. The van der Waals surface area contributed by atoms with Gasteiger partial charge in [-0.1, -0.05) is 18.2 Å². The Morgan fingerprint density at radius 2 is 2.00 bits per heavy atom. The molecule has 0 spiro atoms. The maximum absolute atomic E-state index is 5.91. The van der Waals surface area contributed by atoms with Gasteiger partial charge in [0.25, 0.3) is 0 Å². The molecular formula is C14H16ClNO2. The predicted molar refractivity (Wildman–Crippen MR) is 73.3 cm³/mol. The molecule has 0 bridgehead atoms. The first-order valence-electron chi connectivity index (χ1n) is 5.84. The van der Waals surface area contributed by atoms with Crippen LogP contribution in [0.5, 0.6) is 5.88 Å². The largest absolute Gasteiger partial charge is 0.472 e. The van der Waals surface area contributed by atoms with Crippen LogP contribution in [-0.4, -0.2) is 24.8 Å². The van der Waals surface area contributed by atoms with Crippen molar-refractivity contribution >= 4 is 22.4 Å². The molecule has 1 atom stereocenters. The van der Waals surface area contributed by atoms with Gasteiger partial charge in [-0.15, -0.1) is 11.6 Å². The number of hydrogen-bond donors (Lipinski definition) is 0. The normalized spacial score (nSPS) is 12.6. The molecule has 1 aromatic heterocycles. The van der Waals surface area contributed by atoms with Crippen LogP contribution in [0.4, 0.5) is 0 Å². The van der Waals surface area contributed by atoms with Gasteiger partial charge in [-0.3, -0.25) is 0 Å². The summed E-state index contributed by atoms with van der Waals surface area (Å²) in [5.41, 5.74) is 1.01. The second kappa shape index (κ2) is 6.03. The molecule has 0 aliphatic heterocycles. The molecule has 0 amide bonds. The molecule has 1 unspecified atom stereocenters. The van der Waals surface area contributed by atoms with Crippen LogP contribution in [0.2, 0.25) is 0 Å². The number of benzene rings is 1. The summed E-state index contributed by atoms with van der Waals surface area (Å²) in [6.07, 6.45) is 1.73. The van der Waals surface area contributed by atoms with E-state index in [2.05, 4.69) is 4.98 Å². The number of fused-ring (bicyclic) bond motifs is 1. The highest BCUT2D eigenvalue weighted by atomic mass is 35.5. The van der Waals surface area contributed by atoms with E-state index in [1.54, 1.807) is 13.3 Å². The molecule has 1 aromatic carbocycles. The summed E-state index contributed by atoms with van der Waals surface area (Å²) in [6, 6.07) is 7.98. The van der Waals surface area contributed by atoms with Crippen molar-refractivity contribution in [3.63, 3.8) is 0 Å². The number of rotatable bonds is 5. The quantitative estimate of drug-likeness (QED) is 0.777. The molecule has 1 heterocycles. The Balaban J connectivity index is 2.40. The molecule has 3 nitrogen and oxygen atoms in total. The second-order valence-corrected chi connectivity index (χ2v) is 4.42. The van der Waals surface area contributed by atoms with E-state index in [9.17, 15) is 0 Å². The minimum atomic E-state index is -0.0345. The van der Waals surface area contributed by atoms with E-state index in [1.165, 1.54) is 0 Å². The van der Waals surface area contributed by atoms with Crippen LogP contribution >= 0.6 is 11.6 Å². The topological polar surface area (TPSA) is 31.4 Å². The van der Waals surface area contributed by atoms with E-state index in [0.29, 0.717) is 18.4 Å². The van der Waals surface area contributed by atoms with Gasteiger partial charge in [-0.25, -0.2) is 4.98 Å². The zero-order valence-electron chi connectivity index (χ0n) is 10.5. The zero-order valence-corrected chi connectivity index (χ0v) is 11.3. The van der Waals surface area contributed by atoms with Crippen LogP contribution in [0.25, 0.3) is 10.8 Å². The lowest BCUT2D eigenvalue weighted by Gasteiger charge is -2.15. The van der Waals surface area contributed by atoms with E-state index in [1.807, 2.05) is 31.2 Å². The van der Waals surface area contributed by atoms with Gasteiger partial charge in [0.05, 0.1) is 6.61 Å². The molecule has 0 fully saturated rings. The van der Waals surface area contributed by atoms with Crippen LogP contribution in [0.1, 0.15) is 12.5 Å². The number of aromatic nitrogens is 1. The SMILES string of the molecule is COCC(C)Oc1ncc(CCl)c2ccccc12. The summed E-state index contributed by atoms with van der Waals surface area (Å²) in [7, 11) is 1.65. The molecule has 96 valence electrons. The molecule has 4 heteroatoms. The van der Waals surface area contributed by atoms with Crippen LogP contribution in [0.15, 0.2) is 30.5 Å². The summed E-state index contributed by atoms with van der Waals surface area (Å²) in [5.74, 6) is 1.07. The molecule has 2 rings (SSSR count). The second-order valence-electron chi connectivity index (χ2n) is 4.15. The maximum Gasteiger partial charge on any atom is 0.221 e. The molecule has 0 aliphatic carbocycles. The fourth-order valence-electron chi connectivity index (χ4n) is 1.88. The van der Waals surface area contributed by atoms with Crippen LogP contribution < -0.4 is 4.74 Å². The Kier molecular flexibility index (Phi) is 4.39. The smallest absolute Gasteiger partial charge is 0.221 e. The summed E-state index contributed by atoms with van der Waals surface area (Å²) < 4.78 is 10.8. The van der Waals surface area contributed by atoms with Gasteiger partial charge in [0.15, 0.2) is 0 Å². The first-order valence-corrected chi connectivity index (χ1v) is 6.38. The standard InChI is InChI=1S/C14H16ClNO2/c1-10(9-17-2)18-14-13-6-4-3-5-12(13)11(7-15)8-16-14/h3-6,8,10H,7,9H2,1-2H3. The minimum Gasteiger partial charge on any atom is -0.472 e. The molecular weight excluding hydrogens is 250 g/mol. The molecule has 0 saturated carbocycles. The summed E-state index contributed by atoms with van der Waals surface area (Å²) in [4.78, 5) is 4.34. The summed E-state index contributed by atoms with van der Waals surface area (Å²) in [5, 5.41) is 2.07. The average Bonchev–Trinajstić information content (AvgIpc) is 2.39. The molecule has 18 heavy (non-hydrogen) atoms. The lowest BCUT2D eigenvalue weighted by Crippen LogP contribution is -2.18. The monoisotopic (exact) mass is 265 g/mol. The zero-order chi connectivity index (χ0) is 13.0. The van der Waals surface area contributed by atoms with E-state index in [-0.39, 0.29) is 6.10 Å². The Morgan fingerprint density at radius 1 is 1.28 bits per heavy atom. The van der Waals surface area contributed by atoms with Crippen molar-refractivity contribution in [3.8, 4) is 5.88 Å². The third-order valence-corrected chi connectivity index (χ3v) is 2.99. The lowest BCUT2D eigenvalue weighted by atomic mass is 10.1. The third kappa shape index (κ3) is 2.74. The van der Waals surface area contributed by atoms with Gasteiger partial charge >= 0.3 is 0 Å². The van der Waals surface area contributed by atoms with Crippen LogP contribution in [0, 0.1) is 0 Å². The highest BCUT2D eigenvalue weighted by Gasteiger charge is 2.10. The van der Waals surface area contributed by atoms with Crippen molar-refractivity contribution in [1.82, 2.24) is 4.98 Å². The highest BCUT2D eigenvalue weighted by Crippen LogP contribution is 2.27. The van der Waals surface area contributed by atoms with Gasteiger partial charge in [-0.2, -0.15) is 0 Å². The Labute approximate surface area is 112 Å². The van der Waals surface area contributed by atoms with E-state index in [4.69, 9.17) is 21.1 Å². The number of hydrogen-bond acceptors (Lipinski definition) is 3. The summed E-state index contributed by atoms with van der Waals surface area (Å²) >= 11 is 5.91. The average molecular weight is 266 g/mol. The van der Waals surface area contributed by atoms with Gasteiger partial charge in [0.1, 0.15) is 6.10 Å². The first kappa shape index (κ1) is 13.1. The fourth-order valence-corrected chi connectivity index (χ4v) is 2.10.